The molecule has 1 aromatic heterocycles. The molecule has 5 aromatic rings. The minimum absolute atomic E-state index is 0. The molecule has 1 N–H and O–H groups in total. The summed E-state index contributed by atoms with van der Waals surface area (Å²) in [6.07, 6.45) is 4.62. The van der Waals surface area contributed by atoms with E-state index in [1.165, 1.54) is 17.2 Å². The van der Waals surface area contributed by atoms with Gasteiger partial charge in [-0.3, -0.25) is 0 Å². The summed E-state index contributed by atoms with van der Waals surface area (Å²) in [4.78, 5) is 11.9. The van der Waals surface area contributed by atoms with E-state index in [2.05, 4.69) is 89.0 Å². The van der Waals surface area contributed by atoms with Crippen LogP contribution in [0.15, 0.2) is 109 Å². The van der Waals surface area contributed by atoms with Crippen LogP contribution in [0.1, 0.15) is 33.7 Å². The monoisotopic (exact) mass is 564 g/mol. The molecule has 1 unspecified atom stereocenters. The van der Waals surface area contributed by atoms with Crippen molar-refractivity contribution in [2.24, 2.45) is 0 Å². The van der Waals surface area contributed by atoms with E-state index in [1.54, 1.807) is 6.07 Å². The highest BCUT2D eigenvalue weighted by Gasteiger charge is 2.28. The predicted molar refractivity (Wildman–Crippen MR) is 168 cm³/mol. The summed E-state index contributed by atoms with van der Waals surface area (Å²) in [6, 6.07) is 34.4. The first kappa shape index (κ1) is 28.5. The Kier molecular flexibility index (Phi) is 9.07. The van der Waals surface area contributed by atoms with Crippen molar-refractivity contribution in [1.82, 2.24) is 14.9 Å². The quantitative estimate of drug-likeness (QED) is 0.198. The van der Waals surface area contributed by atoms with Gasteiger partial charge in [0.1, 0.15) is 5.82 Å². The normalized spacial score (nSPS) is 13.7. The van der Waals surface area contributed by atoms with E-state index in [4.69, 9.17) is 4.98 Å². The first-order valence-corrected chi connectivity index (χ1v) is 13.9. The summed E-state index contributed by atoms with van der Waals surface area (Å²) in [5, 5.41) is 3.37. The third-order valence-corrected chi connectivity index (χ3v) is 7.78. The standard InChI is InChI=1S/C35H33FN4.ClH/c1-40(21-19-25-9-3-2-4-10-25)22-20-26-15-17-28(18-16-26)38-35-37-24-27-23-32(30-12-7-8-14-33(30)36)29-11-5-6-13-31(29)34(27)39-35;/h2-18,24,32H,19-23H2,1H3,(H,37,38,39);1H. The molecular formula is C35H34ClFN4. The second-order valence-corrected chi connectivity index (χ2v) is 10.5. The number of likely N-dealkylation sites (N-methyl/N-ethyl adjacent to an activating group) is 1. The molecular weight excluding hydrogens is 531 g/mol. The zero-order valence-corrected chi connectivity index (χ0v) is 23.9. The lowest BCUT2D eigenvalue weighted by molar-refractivity contribution is 0.343. The van der Waals surface area contributed by atoms with Gasteiger partial charge >= 0.3 is 0 Å². The number of halogens is 2. The molecule has 6 rings (SSSR count). The summed E-state index contributed by atoms with van der Waals surface area (Å²) in [7, 11) is 2.18. The second-order valence-electron chi connectivity index (χ2n) is 10.5. The topological polar surface area (TPSA) is 41.0 Å². The number of hydrogen-bond acceptors (Lipinski definition) is 4. The number of aromatic nitrogens is 2. The molecule has 0 bridgehead atoms. The van der Waals surface area contributed by atoms with Crippen LogP contribution < -0.4 is 5.32 Å². The highest BCUT2D eigenvalue weighted by atomic mass is 35.5. The number of nitrogens with one attached hydrogen (secondary N) is 1. The summed E-state index contributed by atoms with van der Waals surface area (Å²) in [6.45, 7) is 2.06. The van der Waals surface area contributed by atoms with E-state index in [9.17, 15) is 4.39 Å². The Bertz CT molecular complexity index is 1590. The van der Waals surface area contributed by atoms with Crippen molar-refractivity contribution in [2.75, 3.05) is 25.5 Å². The van der Waals surface area contributed by atoms with Crippen LogP contribution in [0.5, 0.6) is 0 Å². The van der Waals surface area contributed by atoms with Crippen molar-refractivity contribution >= 4 is 24.0 Å². The van der Waals surface area contributed by atoms with Crippen LogP contribution in [0.25, 0.3) is 11.3 Å². The highest BCUT2D eigenvalue weighted by molar-refractivity contribution is 5.85. The molecule has 4 aromatic carbocycles. The van der Waals surface area contributed by atoms with E-state index in [1.807, 2.05) is 30.5 Å². The molecule has 0 saturated heterocycles. The van der Waals surface area contributed by atoms with Crippen LogP contribution in [0.2, 0.25) is 0 Å². The maximum absolute atomic E-state index is 14.7. The van der Waals surface area contributed by atoms with Gasteiger partial charge in [-0.15, -0.1) is 12.4 Å². The Balaban J connectivity index is 0.00000337. The van der Waals surface area contributed by atoms with Crippen LogP contribution >= 0.6 is 12.4 Å². The Labute approximate surface area is 247 Å². The van der Waals surface area contributed by atoms with E-state index >= 15 is 0 Å². The second kappa shape index (κ2) is 13.1. The molecule has 208 valence electrons. The SMILES string of the molecule is CN(CCc1ccccc1)CCc1ccc(Nc2ncc3c(n2)-c2ccccc2C(c2ccccc2F)C3)cc1.Cl. The molecule has 1 aliphatic carbocycles. The van der Waals surface area contributed by atoms with Gasteiger partial charge in [-0.25, -0.2) is 14.4 Å². The fourth-order valence-corrected chi connectivity index (χ4v) is 5.51. The lowest BCUT2D eigenvalue weighted by Gasteiger charge is -2.27. The first-order chi connectivity index (χ1) is 19.6. The number of benzene rings is 4. The zero-order valence-electron chi connectivity index (χ0n) is 23.1. The molecule has 0 radical (unpaired) electrons. The number of rotatable bonds is 9. The van der Waals surface area contributed by atoms with Gasteiger partial charge in [-0.1, -0.05) is 84.9 Å². The maximum Gasteiger partial charge on any atom is 0.227 e. The molecule has 0 fully saturated rings. The lowest BCUT2D eigenvalue weighted by atomic mass is 9.78. The summed E-state index contributed by atoms with van der Waals surface area (Å²) < 4.78 is 14.7. The molecule has 41 heavy (non-hydrogen) atoms. The Morgan fingerprint density at radius 3 is 2.15 bits per heavy atom. The maximum atomic E-state index is 14.7. The molecule has 0 saturated carbocycles. The van der Waals surface area contributed by atoms with E-state index < -0.39 is 0 Å². The summed E-state index contributed by atoms with van der Waals surface area (Å²) in [5.41, 5.74) is 8.43. The number of nitrogens with zero attached hydrogens (tertiary/aromatic N) is 3. The molecule has 6 heteroatoms. The van der Waals surface area contributed by atoms with Crippen LogP contribution in [-0.2, 0) is 19.3 Å². The largest absolute Gasteiger partial charge is 0.324 e. The summed E-state index contributed by atoms with van der Waals surface area (Å²) >= 11 is 0. The Morgan fingerprint density at radius 2 is 1.41 bits per heavy atom. The first-order valence-electron chi connectivity index (χ1n) is 13.9. The molecule has 0 amide bonds. The van der Waals surface area contributed by atoms with E-state index in [0.29, 0.717) is 17.9 Å². The minimum atomic E-state index is -0.174. The Hall–Kier alpha value is -4.06. The van der Waals surface area contributed by atoms with Gasteiger partial charge in [-0.05, 0) is 72.3 Å². The lowest BCUT2D eigenvalue weighted by Crippen LogP contribution is -2.23. The third kappa shape index (κ3) is 6.64. The van der Waals surface area contributed by atoms with E-state index in [0.717, 1.165) is 54.0 Å². The molecule has 4 nitrogen and oxygen atoms in total. The van der Waals surface area contributed by atoms with Crippen molar-refractivity contribution < 1.29 is 4.39 Å². The summed E-state index contributed by atoms with van der Waals surface area (Å²) in [5.74, 6) is 0.329. The Morgan fingerprint density at radius 1 is 0.780 bits per heavy atom. The van der Waals surface area contributed by atoms with Gasteiger partial charge in [0, 0.05) is 36.5 Å². The van der Waals surface area contributed by atoms with Crippen LogP contribution in [0.3, 0.4) is 0 Å². The van der Waals surface area contributed by atoms with Crippen molar-refractivity contribution in [3.8, 4) is 11.3 Å². The highest BCUT2D eigenvalue weighted by Crippen LogP contribution is 2.42. The van der Waals surface area contributed by atoms with Gasteiger partial charge in [-0.2, -0.15) is 0 Å². The van der Waals surface area contributed by atoms with Crippen molar-refractivity contribution in [2.45, 2.75) is 25.2 Å². The average molecular weight is 565 g/mol. The van der Waals surface area contributed by atoms with Gasteiger partial charge < -0.3 is 10.2 Å². The van der Waals surface area contributed by atoms with E-state index in [-0.39, 0.29) is 24.1 Å². The van der Waals surface area contributed by atoms with Gasteiger partial charge in [0.25, 0.3) is 0 Å². The van der Waals surface area contributed by atoms with Crippen LogP contribution in [-0.4, -0.2) is 35.0 Å². The average Bonchev–Trinajstić information content (AvgIpc) is 3.00. The molecule has 0 aliphatic heterocycles. The molecule has 1 heterocycles. The number of hydrogen-bond donors (Lipinski definition) is 1. The molecule has 1 atom stereocenters. The minimum Gasteiger partial charge on any atom is -0.324 e. The van der Waals surface area contributed by atoms with Gasteiger partial charge in [0.15, 0.2) is 0 Å². The van der Waals surface area contributed by atoms with Crippen molar-refractivity contribution in [3.05, 3.63) is 143 Å². The van der Waals surface area contributed by atoms with Gasteiger partial charge in [0.2, 0.25) is 5.95 Å². The predicted octanol–water partition coefficient (Wildman–Crippen LogP) is 7.85. The number of anilines is 2. The fourth-order valence-electron chi connectivity index (χ4n) is 5.51. The van der Waals surface area contributed by atoms with Crippen molar-refractivity contribution in [3.63, 3.8) is 0 Å². The third-order valence-electron chi connectivity index (χ3n) is 7.78. The smallest absolute Gasteiger partial charge is 0.227 e. The fraction of sp³-hybridized carbons (Fsp3) is 0.200. The number of fused-ring (bicyclic) bond motifs is 3. The van der Waals surface area contributed by atoms with Crippen LogP contribution in [0.4, 0.5) is 16.0 Å². The van der Waals surface area contributed by atoms with Gasteiger partial charge in [0.05, 0.1) is 5.69 Å². The van der Waals surface area contributed by atoms with Crippen molar-refractivity contribution in [1.29, 1.82) is 0 Å². The zero-order chi connectivity index (χ0) is 27.3. The molecule has 1 aliphatic rings. The van der Waals surface area contributed by atoms with Crippen LogP contribution in [0, 0.1) is 5.82 Å². The molecule has 0 spiro atoms.